The highest BCUT2D eigenvalue weighted by atomic mass is 16.3. The van der Waals surface area contributed by atoms with Gasteiger partial charge in [0, 0.05) is 23.9 Å². The minimum Gasteiger partial charge on any atom is -0.396 e. The molecular formula is C15H30N2O6. The monoisotopic (exact) mass is 334 g/mol. The van der Waals surface area contributed by atoms with E-state index in [0.29, 0.717) is 6.42 Å². The van der Waals surface area contributed by atoms with E-state index in [1.165, 1.54) is 0 Å². The standard InChI is InChI=1S/C15H30N2O6/c1-14(2,8-18)10(20)12(22)16-6-5-7-17-13(23)11(21)15(3,4)9-19/h10-11,18-21H,5-9H2,1-4H3,(H,16,22)(H,17,23)/t10-,11-/m0/s1. The van der Waals surface area contributed by atoms with Crippen molar-refractivity contribution in [3.63, 3.8) is 0 Å². The number of hydrogen-bond donors (Lipinski definition) is 6. The van der Waals surface area contributed by atoms with Gasteiger partial charge in [0.2, 0.25) is 11.8 Å². The Morgan fingerprint density at radius 3 is 1.39 bits per heavy atom. The van der Waals surface area contributed by atoms with Crippen LogP contribution in [0.4, 0.5) is 0 Å². The molecule has 2 amide bonds. The van der Waals surface area contributed by atoms with Crippen LogP contribution in [-0.4, -0.2) is 70.8 Å². The van der Waals surface area contributed by atoms with Crippen LogP contribution < -0.4 is 10.6 Å². The van der Waals surface area contributed by atoms with Crippen LogP contribution in [-0.2, 0) is 9.59 Å². The Labute approximate surface area is 136 Å². The first-order chi connectivity index (χ1) is 10.5. The number of carbonyl (C=O) groups is 2. The van der Waals surface area contributed by atoms with Gasteiger partial charge in [-0.25, -0.2) is 0 Å². The smallest absolute Gasteiger partial charge is 0.249 e. The number of nitrogens with one attached hydrogen (secondary N) is 2. The molecule has 0 aliphatic carbocycles. The molecule has 0 aromatic carbocycles. The third kappa shape index (κ3) is 6.82. The van der Waals surface area contributed by atoms with E-state index in [0.717, 1.165) is 0 Å². The maximum Gasteiger partial charge on any atom is 0.249 e. The zero-order valence-electron chi connectivity index (χ0n) is 14.3. The van der Waals surface area contributed by atoms with E-state index in [2.05, 4.69) is 10.6 Å². The van der Waals surface area contributed by atoms with Gasteiger partial charge in [-0.05, 0) is 6.42 Å². The average Bonchev–Trinajstić information content (AvgIpc) is 2.52. The van der Waals surface area contributed by atoms with E-state index in [1.54, 1.807) is 27.7 Å². The van der Waals surface area contributed by atoms with E-state index in [-0.39, 0.29) is 26.3 Å². The van der Waals surface area contributed by atoms with Crippen LogP contribution in [0.25, 0.3) is 0 Å². The van der Waals surface area contributed by atoms with Gasteiger partial charge in [0.25, 0.3) is 0 Å². The molecule has 0 radical (unpaired) electrons. The summed E-state index contributed by atoms with van der Waals surface area (Å²) >= 11 is 0. The molecule has 0 aromatic heterocycles. The summed E-state index contributed by atoms with van der Waals surface area (Å²) in [4.78, 5) is 23.4. The van der Waals surface area contributed by atoms with Gasteiger partial charge < -0.3 is 31.1 Å². The van der Waals surface area contributed by atoms with Gasteiger partial charge in [-0.3, -0.25) is 9.59 Å². The minimum absolute atomic E-state index is 0.233. The molecule has 6 N–H and O–H groups in total. The quantitative estimate of drug-likeness (QED) is 0.265. The van der Waals surface area contributed by atoms with Crippen LogP contribution in [0.3, 0.4) is 0 Å². The summed E-state index contributed by atoms with van der Waals surface area (Å²) < 4.78 is 0. The Hall–Kier alpha value is -1.22. The summed E-state index contributed by atoms with van der Waals surface area (Å²) in [5, 5.41) is 42.8. The van der Waals surface area contributed by atoms with Crippen LogP contribution >= 0.6 is 0 Å². The molecule has 23 heavy (non-hydrogen) atoms. The highest BCUT2D eigenvalue weighted by Crippen LogP contribution is 2.20. The molecule has 0 aliphatic rings. The first-order valence-electron chi connectivity index (χ1n) is 7.63. The van der Waals surface area contributed by atoms with Crippen molar-refractivity contribution in [1.29, 1.82) is 0 Å². The maximum atomic E-state index is 11.7. The summed E-state index contributed by atoms with van der Waals surface area (Å²) in [6.45, 7) is 6.10. The Balaban J connectivity index is 4.07. The van der Waals surface area contributed by atoms with Crippen LogP contribution in [0.1, 0.15) is 34.1 Å². The molecule has 2 atom stereocenters. The second-order valence-electron chi connectivity index (χ2n) is 7.03. The van der Waals surface area contributed by atoms with Crippen LogP contribution in [0.15, 0.2) is 0 Å². The molecule has 0 bridgehead atoms. The number of carbonyl (C=O) groups excluding carboxylic acids is 2. The lowest BCUT2D eigenvalue weighted by atomic mass is 9.87. The van der Waals surface area contributed by atoms with E-state index in [4.69, 9.17) is 10.2 Å². The predicted octanol–water partition coefficient (Wildman–Crippen LogP) is -1.63. The average molecular weight is 334 g/mol. The van der Waals surface area contributed by atoms with Crippen LogP contribution in [0, 0.1) is 10.8 Å². The summed E-state index contributed by atoms with van der Waals surface area (Å²) in [5.74, 6) is -1.17. The molecule has 0 heterocycles. The number of hydrogen-bond acceptors (Lipinski definition) is 6. The third-order valence-electron chi connectivity index (χ3n) is 3.74. The molecule has 136 valence electrons. The molecule has 0 rings (SSSR count). The Kier molecular flexibility index (Phi) is 8.68. The second kappa shape index (κ2) is 9.17. The lowest BCUT2D eigenvalue weighted by molar-refractivity contribution is -0.137. The molecule has 8 heteroatoms. The number of rotatable bonds is 10. The first kappa shape index (κ1) is 21.8. The van der Waals surface area contributed by atoms with Crippen LogP contribution in [0.5, 0.6) is 0 Å². The highest BCUT2D eigenvalue weighted by molar-refractivity contribution is 5.82. The maximum absolute atomic E-state index is 11.7. The van der Waals surface area contributed by atoms with Crippen molar-refractivity contribution >= 4 is 11.8 Å². The molecule has 0 saturated heterocycles. The Morgan fingerprint density at radius 1 is 0.826 bits per heavy atom. The van der Waals surface area contributed by atoms with Gasteiger partial charge in [-0.2, -0.15) is 0 Å². The van der Waals surface area contributed by atoms with Crippen molar-refractivity contribution in [2.75, 3.05) is 26.3 Å². The van der Waals surface area contributed by atoms with Gasteiger partial charge in [0.05, 0.1) is 13.2 Å². The Bertz CT molecular complexity index is 361. The van der Waals surface area contributed by atoms with Crippen molar-refractivity contribution in [2.45, 2.75) is 46.3 Å². The summed E-state index contributed by atoms with van der Waals surface area (Å²) in [5.41, 5.74) is -1.86. The topological polar surface area (TPSA) is 139 Å². The van der Waals surface area contributed by atoms with Gasteiger partial charge in [-0.15, -0.1) is 0 Å². The zero-order valence-corrected chi connectivity index (χ0v) is 14.3. The molecule has 0 fully saturated rings. The van der Waals surface area contributed by atoms with Crippen molar-refractivity contribution < 1.29 is 30.0 Å². The van der Waals surface area contributed by atoms with Crippen molar-refractivity contribution in [3.05, 3.63) is 0 Å². The molecule has 0 aliphatic heterocycles. The molecule has 0 saturated carbocycles. The number of amides is 2. The molecule has 0 spiro atoms. The molecule has 8 nitrogen and oxygen atoms in total. The van der Waals surface area contributed by atoms with Crippen LogP contribution in [0.2, 0.25) is 0 Å². The summed E-state index contributed by atoms with van der Waals surface area (Å²) in [6.07, 6.45) is -2.24. The first-order valence-corrected chi connectivity index (χ1v) is 7.63. The van der Waals surface area contributed by atoms with E-state index < -0.39 is 34.9 Å². The fourth-order valence-electron chi connectivity index (χ4n) is 1.59. The zero-order chi connectivity index (χ0) is 18.3. The molecule has 0 aromatic rings. The lowest BCUT2D eigenvalue weighted by Gasteiger charge is -2.27. The van der Waals surface area contributed by atoms with Crippen molar-refractivity contribution in [2.24, 2.45) is 10.8 Å². The van der Waals surface area contributed by atoms with Gasteiger partial charge in [0.15, 0.2) is 0 Å². The van der Waals surface area contributed by atoms with Crippen molar-refractivity contribution in [1.82, 2.24) is 10.6 Å². The van der Waals surface area contributed by atoms with E-state index in [9.17, 15) is 19.8 Å². The number of aliphatic hydroxyl groups is 4. The second-order valence-corrected chi connectivity index (χ2v) is 7.03. The molecule has 0 unspecified atom stereocenters. The molecular weight excluding hydrogens is 304 g/mol. The van der Waals surface area contributed by atoms with E-state index >= 15 is 0 Å². The van der Waals surface area contributed by atoms with Gasteiger partial charge in [-0.1, -0.05) is 27.7 Å². The van der Waals surface area contributed by atoms with Gasteiger partial charge >= 0.3 is 0 Å². The van der Waals surface area contributed by atoms with E-state index in [1.807, 2.05) is 0 Å². The SMILES string of the molecule is CC(C)(CO)[C@@H](O)C(=O)NCCCNC(=O)[C@H](O)C(C)(C)CO. The summed E-state index contributed by atoms with van der Waals surface area (Å²) in [7, 11) is 0. The number of aliphatic hydroxyl groups excluding tert-OH is 4. The predicted molar refractivity (Wildman–Crippen MR) is 84.4 cm³/mol. The minimum atomic E-state index is -1.32. The fraction of sp³-hybridized carbons (Fsp3) is 0.867. The normalized spacial score (nSPS) is 15.0. The lowest BCUT2D eigenvalue weighted by Crippen LogP contribution is -2.47. The van der Waals surface area contributed by atoms with Crippen molar-refractivity contribution in [3.8, 4) is 0 Å². The third-order valence-corrected chi connectivity index (χ3v) is 3.74. The van der Waals surface area contributed by atoms with Gasteiger partial charge in [0.1, 0.15) is 12.2 Å². The highest BCUT2D eigenvalue weighted by Gasteiger charge is 2.33. The summed E-state index contributed by atoms with van der Waals surface area (Å²) in [6, 6.07) is 0. The fourth-order valence-corrected chi connectivity index (χ4v) is 1.59. The Morgan fingerprint density at radius 2 is 1.13 bits per heavy atom. The largest absolute Gasteiger partial charge is 0.396 e.